The molecule has 0 saturated heterocycles. The molecule has 0 rings (SSSR count). The molecular weight excluding hydrogens is 869 g/mol. The number of unbranched alkanes of at least 4 members (excludes halogenated alkanes) is 30. The van der Waals surface area contributed by atoms with E-state index in [1.807, 2.05) is 0 Å². The maximum absolute atomic E-state index is 12.1. The highest BCUT2D eigenvalue weighted by Crippen LogP contribution is 2.14. The summed E-state index contributed by atoms with van der Waals surface area (Å²) in [6, 6.07) is 0. The molecule has 8 nitrogen and oxygen atoms in total. The van der Waals surface area contributed by atoms with Gasteiger partial charge in [0.25, 0.3) is 0 Å². The van der Waals surface area contributed by atoms with E-state index in [2.05, 4.69) is 72.3 Å². The second kappa shape index (κ2) is 59.3. The van der Waals surface area contributed by atoms with Gasteiger partial charge in [-0.15, -0.1) is 0 Å². The summed E-state index contributed by atoms with van der Waals surface area (Å²) in [5, 5.41) is 19.1. The van der Waals surface area contributed by atoms with E-state index in [1.165, 1.54) is 186 Å². The minimum atomic E-state index is -0.202. The predicted molar refractivity (Wildman–Crippen MR) is 302 cm³/mol. The van der Waals surface area contributed by atoms with Gasteiger partial charge in [0.1, 0.15) is 13.2 Å². The number of carbonyl (C=O) groups is 2. The second-order valence-electron chi connectivity index (χ2n) is 20.2. The molecule has 0 atom stereocenters. The molecule has 0 spiro atoms. The first kappa shape index (κ1) is 67.7. The van der Waals surface area contributed by atoms with Gasteiger partial charge in [-0.05, 0) is 129 Å². The first-order valence-corrected chi connectivity index (χ1v) is 30.1. The van der Waals surface area contributed by atoms with Crippen molar-refractivity contribution in [2.75, 3.05) is 65.7 Å². The molecule has 0 aromatic carbocycles. The Morgan fingerprint density at radius 3 is 0.914 bits per heavy atom. The standard InChI is InChI=1S/C62H116N2O6/c1-3-5-7-9-11-13-15-17-19-21-23-25-27-33-39-45-51-63(55-57-65)53-47-41-35-29-31-37-43-49-61(67)69-59-60-70-62(68)50-44-38-32-30-36-42-48-54-64(56-58-66)52-46-40-34-28-26-24-22-20-18-16-14-12-10-8-6-4-2/h11,13,17-20,24,26,65-66H,3-10,12,14-16,21-23,25,27-60H2,1-2H3/b13-11-,19-17-,20-18-,26-24-. The highest BCUT2D eigenvalue weighted by atomic mass is 16.6. The summed E-state index contributed by atoms with van der Waals surface area (Å²) in [7, 11) is 0. The molecule has 0 aliphatic rings. The molecule has 0 heterocycles. The highest BCUT2D eigenvalue weighted by molar-refractivity contribution is 5.70. The normalized spacial score (nSPS) is 12.1. The summed E-state index contributed by atoms with van der Waals surface area (Å²) >= 11 is 0. The van der Waals surface area contributed by atoms with Crippen molar-refractivity contribution in [1.82, 2.24) is 9.80 Å². The minimum Gasteiger partial charge on any atom is -0.462 e. The SMILES string of the molecule is CCCCC/C=C\C/C=C\CCCCCCCCN(CCO)CCCCCCCCCC(=O)OCCOC(=O)CCCCCCCCCN(CCO)CCCCC/C=C\C/C=C\CCCCCCCC. The molecule has 0 aliphatic heterocycles. The fourth-order valence-corrected chi connectivity index (χ4v) is 9.03. The molecule has 0 aromatic rings. The predicted octanol–water partition coefficient (Wildman–Crippen LogP) is 16.5. The molecule has 0 bridgehead atoms. The maximum Gasteiger partial charge on any atom is 0.305 e. The van der Waals surface area contributed by atoms with E-state index in [4.69, 9.17) is 9.47 Å². The van der Waals surface area contributed by atoms with Gasteiger partial charge in [0.15, 0.2) is 0 Å². The van der Waals surface area contributed by atoms with E-state index < -0.39 is 0 Å². The van der Waals surface area contributed by atoms with Crippen LogP contribution in [0.25, 0.3) is 0 Å². The number of esters is 2. The lowest BCUT2D eigenvalue weighted by molar-refractivity contribution is -0.152. The number of nitrogens with zero attached hydrogens (tertiary/aromatic N) is 2. The van der Waals surface area contributed by atoms with E-state index >= 15 is 0 Å². The van der Waals surface area contributed by atoms with E-state index in [0.29, 0.717) is 12.8 Å². The Morgan fingerprint density at radius 1 is 0.329 bits per heavy atom. The van der Waals surface area contributed by atoms with Gasteiger partial charge in [-0.1, -0.05) is 204 Å². The summed E-state index contributed by atoms with van der Waals surface area (Å²) in [6.45, 7) is 11.2. The van der Waals surface area contributed by atoms with Crippen LogP contribution in [-0.4, -0.2) is 97.6 Å². The molecule has 0 saturated carbocycles. The summed E-state index contributed by atoms with van der Waals surface area (Å²) in [4.78, 5) is 29.2. The smallest absolute Gasteiger partial charge is 0.305 e. The molecule has 2 N–H and O–H groups in total. The van der Waals surface area contributed by atoms with Crippen molar-refractivity contribution < 1.29 is 29.3 Å². The first-order valence-electron chi connectivity index (χ1n) is 30.1. The van der Waals surface area contributed by atoms with Crippen LogP contribution < -0.4 is 0 Å². The van der Waals surface area contributed by atoms with Gasteiger partial charge in [0.2, 0.25) is 0 Å². The topological polar surface area (TPSA) is 99.5 Å². The number of hydrogen-bond donors (Lipinski definition) is 2. The van der Waals surface area contributed by atoms with Crippen LogP contribution >= 0.6 is 0 Å². The minimum absolute atomic E-state index is 0.138. The zero-order valence-electron chi connectivity index (χ0n) is 46.4. The zero-order chi connectivity index (χ0) is 50.7. The van der Waals surface area contributed by atoms with Crippen LogP contribution in [0.4, 0.5) is 0 Å². The van der Waals surface area contributed by atoms with Crippen molar-refractivity contribution in [3.63, 3.8) is 0 Å². The lowest BCUT2D eigenvalue weighted by Crippen LogP contribution is -2.29. The number of aliphatic hydroxyl groups is 2. The lowest BCUT2D eigenvalue weighted by Gasteiger charge is -2.21. The van der Waals surface area contributed by atoms with Crippen LogP contribution in [0.2, 0.25) is 0 Å². The Balaban J connectivity index is 3.62. The van der Waals surface area contributed by atoms with Crippen LogP contribution in [0.3, 0.4) is 0 Å². The van der Waals surface area contributed by atoms with Crippen molar-refractivity contribution in [1.29, 1.82) is 0 Å². The molecular formula is C62H116N2O6. The zero-order valence-corrected chi connectivity index (χ0v) is 46.4. The van der Waals surface area contributed by atoms with Crippen molar-refractivity contribution in [2.45, 2.75) is 271 Å². The third kappa shape index (κ3) is 55.1. The molecule has 410 valence electrons. The average molecular weight is 986 g/mol. The Morgan fingerprint density at radius 2 is 0.586 bits per heavy atom. The van der Waals surface area contributed by atoms with E-state index in [1.54, 1.807) is 0 Å². The monoisotopic (exact) mass is 985 g/mol. The summed E-state index contributed by atoms with van der Waals surface area (Å²) < 4.78 is 10.6. The lowest BCUT2D eigenvalue weighted by atomic mass is 10.1. The number of ether oxygens (including phenoxy) is 2. The molecule has 0 radical (unpaired) electrons. The Kier molecular flexibility index (Phi) is 57.4. The Hall–Kier alpha value is -2.26. The van der Waals surface area contributed by atoms with Crippen LogP contribution in [-0.2, 0) is 19.1 Å². The number of carbonyl (C=O) groups excluding carboxylic acids is 2. The number of hydrogen-bond acceptors (Lipinski definition) is 8. The van der Waals surface area contributed by atoms with Gasteiger partial charge >= 0.3 is 11.9 Å². The highest BCUT2D eigenvalue weighted by Gasteiger charge is 2.08. The molecule has 0 unspecified atom stereocenters. The maximum atomic E-state index is 12.1. The van der Waals surface area contributed by atoms with Gasteiger partial charge in [-0.2, -0.15) is 0 Å². The molecule has 70 heavy (non-hydrogen) atoms. The third-order valence-electron chi connectivity index (χ3n) is 13.5. The van der Waals surface area contributed by atoms with Gasteiger partial charge in [0, 0.05) is 25.9 Å². The number of aliphatic hydroxyl groups excluding tert-OH is 2. The van der Waals surface area contributed by atoms with Crippen LogP contribution in [0.5, 0.6) is 0 Å². The molecule has 8 heteroatoms. The van der Waals surface area contributed by atoms with Gasteiger partial charge in [0.05, 0.1) is 13.2 Å². The largest absolute Gasteiger partial charge is 0.462 e. The fourth-order valence-electron chi connectivity index (χ4n) is 9.03. The molecule has 0 aromatic heterocycles. The summed E-state index contributed by atoms with van der Waals surface area (Å²) in [5.41, 5.74) is 0. The second-order valence-corrected chi connectivity index (χ2v) is 20.2. The first-order chi connectivity index (χ1) is 34.6. The Bertz CT molecular complexity index is 1190. The molecule has 0 aliphatic carbocycles. The number of allylic oxidation sites excluding steroid dienone is 8. The van der Waals surface area contributed by atoms with E-state index in [-0.39, 0.29) is 38.4 Å². The Labute approximate surface area is 434 Å². The van der Waals surface area contributed by atoms with Gasteiger partial charge in [-0.25, -0.2) is 0 Å². The third-order valence-corrected chi connectivity index (χ3v) is 13.5. The van der Waals surface area contributed by atoms with E-state index in [0.717, 1.165) is 97.1 Å². The van der Waals surface area contributed by atoms with Crippen molar-refractivity contribution in [2.24, 2.45) is 0 Å². The quantitative estimate of drug-likeness (QED) is 0.0353. The van der Waals surface area contributed by atoms with Crippen molar-refractivity contribution in [3.05, 3.63) is 48.6 Å². The number of rotatable bonds is 57. The van der Waals surface area contributed by atoms with Gasteiger partial charge in [-0.3, -0.25) is 9.59 Å². The fraction of sp³-hybridized carbons (Fsp3) is 0.839. The van der Waals surface area contributed by atoms with Gasteiger partial charge < -0.3 is 29.5 Å². The van der Waals surface area contributed by atoms with Crippen molar-refractivity contribution in [3.8, 4) is 0 Å². The van der Waals surface area contributed by atoms with Crippen LogP contribution in [0, 0.1) is 0 Å². The molecule has 0 amide bonds. The van der Waals surface area contributed by atoms with E-state index in [9.17, 15) is 19.8 Å². The summed E-state index contributed by atoms with van der Waals surface area (Å²) in [5.74, 6) is -0.403. The van der Waals surface area contributed by atoms with Crippen LogP contribution in [0.15, 0.2) is 48.6 Å². The van der Waals surface area contributed by atoms with Crippen LogP contribution in [0.1, 0.15) is 271 Å². The van der Waals surface area contributed by atoms with Crippen molar-refractivity contribution >= 4 is 11.9 Å². The summed E-state index contributed by atoms with van der Waals surface area (Å²) in [6.07, 6.45) is 65.7. The average Bonchev–Trinajstić information content (AvgIpc) is 3.36. The molecule has 0 fully saturated rings.